The van der Waals surface area contributed by atoms with Gasteiger partial charge in [-0.2, -0.15) is 0 Å². The molecule has 90 valence electrons. The number of ether oxygens (including phenoxy) is 1. The molecule has 0 radical (unpaired) electrons. The fourth-order valence-electron chi connectivity index (χ4n) is 2.25. The Morgan fingerprint density at radius 1 is 1.44 bits per heavy atom. The molecule has 2 rings (SSSR count). The van der Waals surface area contributed by atoms with Gasteiger partial charge in [-0.3, -0.25) is 4.79 Å². The van der Waals surface area contributed by atoms with Gasteiger partial charge in [0.25, 0.3) is 0 Å². The first-order chi connectivity index (χ1) is 7.77. The summed E-state index contributed by atoms with van der Waals surface area (Å²) in [4.78, 5) is 24.1. The predicted molar refractivity (Wildman–Crippen MR) is 57.9 cm³/mol. The number of amides is 2. The second-order valence-electron chi connectivity index (χ2n) is 4.39. The standard InChI is InChI=1S/C11H18N2O3/c14-10(13-7-8-16-11(13)15)2-1-9-3-5-12-6-4-9/h9,12H,1-8H2. The van der Waals surface area contributed by atoms with Gasteiger partial charge >= 0.3 is 6.09 Å². The van der Waals surface area contributed by atoms with E-state index in [1.165, 1.54) is 4.90 Å². The zero-order valence-electron chi connectivity index (χ0n) is 9.41. The number of carbonyl (C=O) groups is 2. The number of cyclic esters (lactones) is 1. The number of hydrogen-bond donors (Lipinski definition) is 1. The van der Waals surface area contributed by atoms with Crippen LogP contribution < -0.4 is 5.32 Å². The highest BCUT2D eigenvalue weighted by molar-refractivity contribution is 5.92. The molecule has 0 aliphatic carbocycles. The molecule has 16 heavy (non-hydrogen) atoms. The van der Waals surface area contributed by atoms with Crippen molar-refractivity contribution in [2.45, 2.75) is 25.7 Å². The highest BCUT2D eigenvalue weighted by Gasteiger charge is 2.28. The molecule has 2 aliphatic heterocycles. The van der Waals surface area contributed by atoms with Gasteiger partial charge in [-0.15, -0.1) is 0 Å². The second kappa shape index (κ2) is 5.30. The molecule has 2 aliphatic rings. The van der Waals surface area contributed by atoms with E-state index in [1.54, 1.807) is 0 Å². The highest BCUT2D eigenvalue weighted by Crippen LogP contribution is 2.19. The van der Waals surface area contributed by atoms with Gasteiger partial charge in [0.05, 0.1) is 6.54 Å². The minimum absolute atomic E-state index is 0.0824. The van der Waals surface area contributed by atoms with E-state index < -0.39 is 6.09 Å². The molecule has 2 saturated heterocycles. The van der Waals surface area contributed by atoms with Crippen LogP contribution in [0.4, 0.5) is 4.79 Å². The van der Waals surface area contributed by atoms with E-state index in [9.17, 15) is 9.59 Å². The number of imide groups is 1. The lowest BCUT2D eigenvalue weighted by atomic mass is 9.93. The maximum absolute atomic E-state index is 11.7. The van der Waals surface area contributed by atoms with Crippen LogP contribution in [0.5, 0.6) is 0 Å². The van der Waals surface area contributed by atoms with Gasteiger partial charge in [0.15, 0.2) is 0 Å². The molecule has 0 bridgehead atoms. The highest BCUT2D eigenvalue weighted by atomic mass is 16.6. The molecule has 5 heteroatoms. The third-order valence-electron chi connectivity index (χ3n) is 3.29. The van der Waals surface area contributed by atoms with Gasteiger partial charge in [0, 0.05) is 6.42 Å². The number of hydrogen-bond acceptors (Lipinski definition) is 4. The van der Waals surface area contributed by atoms with Crippen LogP contribution in [-0.2, 0) is 9.53 Å². The third-order valence-corrected chi connectivity index (χ3v) is 3.29. The molecule has 2 amide bonds. The number of rotatable bonds is 3. The Morgan fingerprint density at radius 2 is 2.19 bits per heavy atom. The summed E-state index contributed by atoms with van der Waals surface area (Å²) in [5.74, 6) is 0.546. The van der Waals surface area contributed by atoms with E-state index in [2.05, 4.69) is 5.32 Å². The van der Waals surface area contributed by atoms with Crippen molar-refractivity contribution in [2.24, 2.45) is 5.92 Å². The Balaban J connectivity index is 1.72. The normalized spacial score (nSPS) is 22.2. The average Bonchev–Trinajstić information content (AvgIpc) is 2.74. The van der Waals surface area contributed by atoms with Gasteiger partial charge in [-0.05, 0) is 38.3 Å². The van der Waals surface area contributed by atoms with Crippen molar-refractivity contribution in [2.75, 3.05) is 26.2 Å². The topological polar surface area (TPSA) is 58.6 Å². The summed E-state index contributed by atoms with van der Waals surface area (Å²) in [5.41, 5.74) is 0. The number of nitrogens with zero attached hydrogens (tertiary/aromatic N) is 1. The molecule has 0 aromatic carbocycles. The second-order valence-corrected chi connectivity index (χ2v) is 4.39. The number of piperidine rings is 1. The fraction of sp³-hybridized carbons (Fsp3) is 0.818. The maximum atomic E-state index is 11.7. The van der Waals surface area contributed by atoms with E-state index in [0.29, 0.717) is 25.5 Å². The third kappa shape index (κ3) is 2.72. The summed E-state index contributed by atoms with van der Waals surface area (Å²) in [7, 11) is 0. The van der Waals surface area contributed by atoms with Gasteiger partial charge < -0.3 is 10.1 Å². The minimum Gasteiger partial charge on any atom is -0.447 e. The smallest absolute Gasteiger partial charge is 0.416 e. The van der Waals surface area contributed by atoms with Gasteiger partial charge in [-0.25, -0.2) is 9.69 Å². The van der Waals surface area contributed by atoms with Crippen molar-refractivity contribution >= 4 is 12.0 Å². The Morgan fingerprint density at radius 3 is 2.81 bits per heavy atom. The Kier molecular flexibility index (Phi) is 3.77. The first-order valence-electron chi connectivity index (χ1n) is 5.95. The Hall–Kier alpha value is -1.10. The minimum atomic E-state index is -0.477. The average molecular weight is 226 g/mol. The Bertz CT molecular complexity index is 274. The molecule has 0 atom stereocenters. The lowest BCUT2D eigenvalue weighted by molar-refractivity contribution is -0.128. The summed E-state index contributed by atoms with van der Waals surface area (Å²) >= 11 is 0. The first kappa shape index (κ1) is 11.4. The zero-order chi connectivity index (χ0) is 11.4. The molecule has 2 fully saturated rings. The fourth-order valence-corrected chi connectivity index (χ4v) is 2.25. The quantitative estimate of drug-likeness (QED) is 0.771. The summed E-state index contributed by atoms with van der Waals surface area (Å²) in [6.45, 7) is 2.86. The lowest BCUT2D eigenvalue weighted by Gasteiger charge is -2.22. The molecule has 0 aromatic rings. The maximum Gasteiger partial charge on any atom is 0.416 e. The molecule has 0 spiro atoms. The van der Waals surface area contributed by atoms with Gasteiger partial charge in [0.1, 0.15) is 6.61 Å². The molecule has 5 nitrogen and oxygen atoms in total. The van der Waals surface area contributed by atoms with Crippen LogP contribution in [0.3, 0.4) is 0 Å². The summed E-state index contributed by atoms with van der Waals surface area (Å²) in [5, 5.41) is 3.30. The van der Waals surface area contributed by atoms with Crippen LogP contribution in [0.25, 0.3) is 0 Å². The molecule has 0 saturated carbocycles. The Labute approximate surface area is 95.1 Å². The first-order valence-corrected chi connectivity index (χ1v) is 5.95. The van der Waals surface area contributed by atoms with Gasteiger partial charge in [-0.1, -0.05) is 0 Å². The summed E-state index contributed by atoms with van der Waals surface area (Å²) < 4.78 is 4.73. The molecular weight excluding hydrogens is 208 g/mol. The van der Waals surface area contributed by atoms with Crippen LogP contribution in [0, 0.1) is 5.92 Å². The number of nitrogens with one attached hydrogen (secondary N) is 1. The largest absolute Gasteiger partial charge is 0.447 e. The van der Waals surface area contributed by atoms with Crippen molar-refractivity contribution in [1.82, 2.24) is 10.2 Å². The van der Waals surface area contributed by atoms with E-state index >= 15 is 0 Å². The van der Waals surface area contributed by atoms with E-state index in [0.717, 1.165) is 32.4 Å². The molecule has 1 N–H and O–H groups in total. The van der Waals surface area contributed by atoms with Crippen molar-refractivity contribution in [1.29, 1.82) is 0 Å². The molecule has 0 unspecified atom stereocenters. The molecular formula is C11H18N2O3. The van der Waals surface area contributed by atoms with Crippen LogP contribution in [0.2, 0.25) is 0 Å². The summed E-state index contributed by atoms with van der Waals surface area (Å²) in [6.07, 6.45) is 3.16. The van der Waals surface area contributed by atoms with E-state index in [1.807, 2.05) is 0 Å². The van der Waals surface area contributed by atoms with Crippen LogP contribution >= 0.6 is 0 Å². The SMILES string of the molecule is O=C(CCC1CCNCC1)N1CCOC1=O. The van der Waals surface area contributed by atoms with Crippen LogP contribution in [-0.4, -0.2) is 43.1 Å². The van der Waals surface area contributed by atoms with E-state index in [4.69, 9.17) is 4.74 Å². The monoisotopic (exact) mass is 226 g/mol. The van der Waals surface area contributed by atoms with Crippen LogP contribution in [0.15, 0.2) is 0 Å². The van der Waals surface area contributed by atoms with Gasteiger partial charge in [0.2, 0.25) is 5.91 Å². The lowest BCUT2D eigenvalue weighted by Crippen LogP contribution is -2.33. The van der Waals surface area contributed by atoms with Crippen molar-refractivity contribution < 1.29 is 14.3 Å². The van der Waals surface area contributed by atoms with Crippen LogP contribution in [0.1, 0.15) is 25.7 Å². The zero-order valence-corrected chi connectivity index (χ0v) is 9.41. The van der Waals surface area contributed by atoms with Crippen molar-refractivity contribution in [3.63, 3.8) is 0 Å². The molecule has 0 aromatic heterocycles. The van der Waals surface area contributed by atoms with Crippen molar-refractivity contribution in [3.05, 3.63) is 0 Å². The predicted octanol–water partition coefficient (Wildman–Crippen LogP) is 0.745. The molecule has 2 heterocycles. The number of carbonyl (C=O) groups excluding carboxylic acids is 2. The summed E-state index contributed by atoms with van der Waals surface area (Å²) in [6, 6.07) is 0. The van der Waals surface area contributed by atoms with E-state index in [-0.39, 0.29) is 5.91 Å². The van der Waals surface area contributed by atoms with Crippen molar-refractivity contribution in [3.8, 4) is 0 Å².